The largest absolute Gasteiger partial charge is 0.339 e. The third-order valence-corrected chi connectivity index (χ3v) is 5.80. The van der Waals surface area contributed by atoms with Crippen LogP contribution in [0.15, 0.2) is 6.20 Å². The highest BCUT2D eigenvalue weighted by atomic mass is 16.2. The molecule has 1 saturated heterocycles. The summed E-state index contributed by atoms with van der Waals surface area (Å²) in [6, 6.07) is 0. The lowest BCUT2D eigenvalue weighted by Crippen LogP contribution is -2.51. The van der Waals surface area contributed by atoms with Crippen LogP contribution in [0.5, 0.6) is 0 Å². The van der Waals surface area contributed by atoms with E-state index in [9.17, 15) is 9.59 Å². The summed E-state index contributed by atoms with van der Waals surface area (Å²) in [6.45, 7) is 3.55. The predicted molar refractivity (Wildman–Crippen MR) is 89.6 cm³/mol. The van der Waals surface area contributed by atoms with Gasteiger partial charge in [0.15, 0.2) is 0 Å². The van der Waals surface area contributed by atoms with Crippen LogP contribution in [0.25, 0.3) is 0 Å². The van der Waals surface area contributed by atoms with Crippen molar-refractivity contribution < 1.29 is 9.59 Å². The summed E-state index contributed by atoms with van der Waals surface area (Å²) < 4.78 is 1.98. The van der Waals surface area contributed by atoms with E-state index in [4.69, 9.17) is 0 Å². The van der Waals surface area contributed by atoms with Crippen LogP contribution in [0.4, 0.5) is 0 Å². The van der Waals surface area contributed by atoms with E-state index in [1.165, 1.54) is 12.8 Å². The highest BCUT2D eigenvalue weighted by molar-refractivity contribution is 5.95. The molecular weight excluding hydrogens is 304 g/mol. The average Bonchev–Trinajstić information content (AvgIpc) is 3.30. The van der Waals surface area contributed by atoms with Crippen LogP contribution in [-0.2, 0) is 17.8 Å². The number of hydrogen-bond acceptors (Lipinski definition) is 3. The zero-order valence-corrected chi connectivity index (χ0v) is 14.2. The Hall–Kier alpha value is -1.85. The molecule has 3 aliphatic rings. The topological polar surface area (TPSA) is 58.4 Å². The first kappa shape index (κ1) is 15.7. The van der Waals surface area contributed by atoms with Gasteiger partial charge < -0.3 is 9.80 Å². The highest BCUT2D eigenvalue weighted by Crippen LogP contribution is 2.27. The fraction of sp³-hybridized carbons (Fsp3) is 0.722. The number of fused-ring (bicyclic) bond motifs is 1. The van der Waals surface area contributed by atoms with Crippen molar-refractivity contribution in [3.05, 3.63) is 17.5 Å². The van der Waals surface area contributed by atoms with Crippen LogP contribution in [0.2, 0.25) is 0 Å². The molecule has 24 heavy (non-hydrogen) atoms. The Bertz CT molecular complexity index is 625. The van der Waals surface area contributed by atoms with E-state index in [2.05, 4.69) is 5.10 Å². The van der Waals surface area contributed by atoms with Gasteiger partial charge in [0.1, 0.15) is 0 Å². The molecule has 0 aromatic carbocycles. The molecule has 2 aliphatic heterocycles. The summed E-state index contributed by atoms with van der Waals surface area (Å²) in [6.07, 6.45) is 9.41. The van der Waals surface area contributed by atoms with Gasteiger partial charge in [-0.05, 0) is 32.1 Å². The maximum absolute atomic E-state index is 12.8. The minimum Gasteiger partial charge on any atom is -0.339 e. The number of amides is 2. The molecule has 0 N–H and O–H groups in total. The minimum absolute atomic E-state index is 0.0890. The lowest BCUT2D eigenvalue weighted by atomic mass is 10.0. The van der Waals surface area contributed by atoms with Gasteiger partial charge in [0.2, 0.25) is 5.91 Å². The van der Waals surface area contributed by atoms with E-state index in [-0.39, 0.29) is 11.8 Å². The summed E-state index contributed by atoms with van der Waals surface area (Å²) in [5.74, 6) is 0.628. The second kappa shape index (κ2) is 6.57. The number of aromatic nitrogens is 2. The van der Waals surface area contributed by atoms with Crippen LogP contribution in [0, 0.1) is 5.92 Å². The molecule has 0 radical (unpaired) electrons. The predicted octanol–water partition coefficient (Wildman–Crippen LogP) is 1.69. The van der Waals surface area contributed by atoms with E-state index in [1.807, 2.05) is 14.5 Å². The number of carbonyl (C=O) groups is 2. The van der Waals surface area contributed by atoms with Gasteiger partial charge in [-0.15, -0.1) is 0 Å². The molecule has 4 rings (SSSR count). The van der Waals surface area contributed by atoms with Crippen molar-refractivity contribution in [2.24, 2.45) is 5.92 Å². The summed E-state index contributed by atoms with van der Waals surface area (Å²) in [5, 5.41) is 4.37. The molecule has 0 unspecified atom stereocenters. The Labute approximate surface area is 142 Å². The maximum atomic E-state index is 12.8. The third kappa shape index (κ3) is 2.82. The van der Waals surface area contributed by atoms with Crippen molar-refractivity contribution in [1.29, 1.82) is 0 Å². The van der Waals surface area contributed by atoms with Crippen molar-refractivity contribution in [2.75, 3.05) is 26.2 Å². The van der Waals surface area contributed by atoms with Crippen LogP contribution >= 0.6 is 0 Å². The summed E-state index contributed by atoms with van der Waals surface area (Å²) in [7, 11) is 0. The number of hydrogen-bond donors (Lipinski definition) is 0. The maximum Gasteiger partial charge on any atom is 0.257 e. The van der Waals surface area contributed by atoms with Crippen LogP contribution in [0.1, 0.15) is 54.6 Å². The first-order chi connectivity index (χ1) is 11.7. The SMILES string of the molecule is O=C(c1cnn2c1CCCC2)N1CCN(C(=O)C2CCCC2)CC1. The zero-order valence-electron chi connectivity index (χ0n) is 14.2. The van der Waals surface area contributed by atoms with Gasteiger partial charge in [-0.25, -0.2) is 0 Å². The molecule has 0 atom stereocenters. The van der Waals surface area contributed by atoms with Gasteiger partial charge in [0.25, 0.3) is 5.91 Å². The van der Waals surface area contributed by atoms with Crippen molar-refractivity contribution in [3.63, 3.8) is 0 Å². The van der Waals surface area contributed by atoms with Gasteiger partial charge in [-0.2, -0.15) is 5.10 Å². The first-order valence-electron chi connectivity index (χ1n) is 9.37. The van der Waals surface area contributed by atoms with Crippen LogP contribution in [-0.4, -0.2) is 57.6 Å². The molecule has 1 aromatic heterocycles. The molecule has 2 amide bonds. The Morgan fingerprint density at radius 1 is 0.917 bits per heavy atom. The number of piperazine rings is 1. The van der Waals surface area contributed by atoms with Crippen LogP contribution < -0.4 is 0 Å². The average molecular weight is 330 g/mol. The lowest BCUT2D eigenvalue weighted by molar-refractivity contribution is -0.136. The smallest absolute Gasteiger partial charge is 0.257 e. The van der Waals surface area contributed by atoms with E-state index in [0.717, 1.165) is 49.9 Å². The second-order valence-corrected chi connectivity index (χ2v) is 7.28. The van der Waals surface area contributed by atoms with E-state index < -0.39 is 0 Å². The Kier molecular flexibility index (Phi) is 4.29. The van der Waals surface area contributed by atoms with Crippen molar-refractivity contribution in [2.45, 2.75) is 51.5 Å². The number of rotatable bonds is 2. The van der Waals surface area contributed by atoms with E-state index in [1.54, 1.807) is 6.20 Å². The summed E-state index contributed by atoms with van der Waals surface area (Å²) in [5.41, 5.74) is 1.86. The minimum atomic E-state index is 0.0890. The van der Waals surface area contributed by atoms with Crippen molar-refractivity contribution >= 4 is 11.8 Å². The second-order valence-electron chi connectivity index (χ2n) is 7.28. The Balaban J connectivity index is 1.38. The molecule has 1 saturated carbocycles. The van der Waals surface area contributed by atoms with Gasteiger partial charge >= 0.3 is 0 Å². The van der Waals surface area contributed by atoms with E-state index >= 15 is 0 Å². The zero-order chi connectivity index (χ0) is 16.5. The van der Waals surface area contributed by atoms with Gasteiger partial charge in [0, 0.05) is 38.6 Å². The van der Waals surface area contributed by atoms with Crippen molar-refractivity contribution in [1.82, 2.24) is 19.6 Å². The van der Waals surface area contributed by atoms with Crippen LogP contribution in [0.3, 0.4) is 0 Å². The fourth-order valence-corrected chi connectivity index (χ4v) is 4.33. The Morgan fingerprint density at radius 2 is 1.62 bits per heavy atom. The quantitative estimate of drug-likeness (QED) is 0.829. The highest BCUT2D eigenvalue weighted by Gasteiger charge is 2.31. The normalized spacial score (nSPS) is 21.8. The summed E-state index contributed by atoms with van der Waals surface area (Å²) in [4.78, 5) is 29.2. The first-order valence-corrected chi connectivity index (χ1v) is 9.37. The molecule has 6 nitrogen and oxygen atoms in total. The molecule has 0 bridgehead atoms. The molecule has 1 aliphatic carbocycles. The molecule has 0 spiro atoms. The number of nitrogens with zero attached hydrogens (tertiary/aromatic N) is 4. The molecule has 130 valence electrons. The fourth-order valence-electron chi connectivity index (χ4n) is 4.33. The molecule has 1 aromatic rings. The lowest BCUT2D eigenvalue weighted by Gasteiger charge is -2.36. The van der Waals surface area contributed by atoms with E-state index in [0.29, 0.717) is 32.1 Å². The molecular formula is C18H26N4O2. The Morgan fingerprint density at radius 3 is 2.38 bits per heavy atom. The molecule has 6 heteroatoms. The molecule has 2 fully saturated rings. The third-order valence-electron chi connectivity index (χ3n) is 5.80. The summed E-state index contributed by atoms with van der Waals surface area (Å²) >= 11 is 0. The monoisotopic (exact) mass is 330 g/mol. The van der Waals surface area contributed by atoms with Gasteiger partial charge in [-0.3, -0.25) is 14.3 Å². The van der Waals surface area contributed by atoms with Gasteiger partial charge in [0.05, 0.1) is 17.5 Å². The molecule has 3 heterocycles. The van der Waals surface area contributed by atoms with Gasteiger partial charge in [-0.1, -0.05) is 12.8 Å². The number of carbonyl (C=O) groups excluding carboxylic acids is 2. The number of aryl methyl sites for hydroxylation is 1. The van der Waals surface area contributed by atoms with Crippen molar-refractivity contribution in [3.8, 4) is 0 Å². The standard InChI is InChI=1S/C18H26N4O2/c23-17(14-5-1-2-6-14)20-9-11-21(12-10-20)18(24)15-13-19-22-8-4-3-7-16(15)22/h13-14H,1-12H2.